The Morgan fingerprint density at radius 2 is 2.12 bits per heavy atom. The van der Waals surface area contributed by atoms with Gasteiger partial charge in [0.1, 0.15) is 0 Å². The van der Waals surface area contributed by atoms with Crippen LogP contribution in [0.25, 0.3) is 0 Å². The minimum absolute atomic E-state index is 0.345. The van der Waals surface area contributed by atoms with E-state index in [0.29, 0.717) is 6.04 Å². The zero-order chi connectivity index (χ0) is 11.5. The Balaban J connectivity index is 2.08. The average molecular weight is 217 g/mol. The van der Waals surface area contributed by atoms with E-state index in [-0.39, 0.29) is 0 Å². The van der Waals surface area contributed by atoms with Gasteiger partial charge in [0.15, 0.2) is 0 Å². The largest absolute Gasteiger partial charge is 0.328 e. The fourth-order valence-corrected chi connectivity index (χ4v) is 2.81. The molecule has 0 aliphatic heterocycles. The minimum atomic E-state index is 0.345. The molecule has 0 spiro atoms. The fraction of sp³-hybridized carbons (Fsp3) is 0.600. The fourth-order valence-electron chi connectivity index (χ4n) is 2.81. The molecule has 0 fully saturated rings. The van der Waals surface area contributed by atoms with Crippen molar-refractivity contribution >= 4 is 0 Å². The van der Waals surface area contributed by atoms with Gasteiger partial charge in [-0.05, 0) is 69.1 Å². The van der Waals surface area contributed by atoms with E-state index in [1.807, 2.05) is 0 Å². The smallest absolute Gasteiger partial charge is 0.00105 e. The average Bonchev–Trinajstić information content (AvgIpc) is 2.64. The maximum Gasteiger partial charge on any atom is 0.00105 e. The first-order valence-electron chi connectivity index (χ1n) is 6.53. The minimum Gasteiger partial charge on any atom is -0.328 e. The molecule has 88 valence electrons. The Hall–Kier alpha value is -0.820. The molecule has 0 radical (unpaired) electrons. The van der Waals surface area contributed by atoms with E-state index in [9.17, 15) is 0 Å². The Kier molecular flexibility index (Phi) is 3.65. The quantitative estimate of drug-likeness (QED) is 0.823. The number of rotatable bonds is 4. The molecule has 0 aromatic heterocycles. The molecule has 0 saturated carbocycles. The number of fused-ring (bicyclic) bond motifs is 1. The van der Waals surface area contributed by atoms with Crippen LogP contribution in [0.5, 0.6) is 0 Å². The Morgan fingerprint density at radius 1 is 1.31 bits per heavy atom. The van der Waals surface area contributed by atoms with Crippen LogP contribution in [0.15, 0.2) is 12.1 Å². The Labute approximate surface area is 99.0 Å². The molecular formula is C15H23N. The van der Waals surface area contributed by atoms with Crippen molar-refractivity contribution in [1.29, 1.82) is 0 Å². The molecule has 2 N–H and O–H groups in total. The summed E-state index contributed by atoms with van der Waals surface area (Å²) in [4.78, 5) is 0. The second-order valence-corrected chi connectivity index (χ2v) is 5.28. The summed E-state index contributed by atoms with van der Waals surface area (Å²) in [7, 11) is 0. The molecule has 0 saturated heterocycles. The molecule has 2 rings (SSSR count). The summed E-state index contributed by atoms with van der Waals surface area (Å²) in [5.41, 5.74) is 12.1. The molecular weight excluding hydrogens is 194 g/mol. The summed E-state index contributed by atoms with van der Waals surface area (Å²) in [6.07, 6.45) is 7.52. The summed E-state index contributed by atoms with van der Waals surface area (Å²) >= 11 is 0. The van der Waals surface area contributed by atoms with Crippen LogP contribution < -0.4 is 5.73 Å². The molecule has 0 amide bonds. The lowest BCUT2D eigenvalue weighted by Gasteiger charge is -2.11. The van der Waals surface area contributed by atoms with Crippen LogP contribution >= 0.6 is 0 Å². The first kappa shape index (κ1) is 11.7. The summed E-state index contributed by atoms with van der Waals surface area (Å²) in [6.45, 7) is 4.31. The number of hydrogen-bond acceptors (Lipinski definition) is 1. The van der Waals surface area contributed by atoms with Crippen molar-refractivity contribution < 1.29 is 0 Å². The van der Waals surface area contributed by atoms with Crippen LogP contribution in [0.3, 0.4) is 0 Å². The van der Waals surface area contributed by atoms with Crippen molar-refractivity contribution in [1.82, 2.24) is 0 Å². The molecule has 1 aliphatic carbocycles. The van der Waals surface area contributed by atoms with Gasteiger partial charge in [0.2, 0.25) is 0 Å². The number of hydrogen-bond donors (Lipinski definition) is 1. The zero-order valence-corrected chi connectivity index (χ0v) is 10.6. The molecule has 16 heavy (non-hydrogen) atoms. The van der Waals surface area contributed by atoms with E-state index in [1.165, 1.54) is 37.7 Å². The van der Waals surface area contributed by atoms with Gasteiger partial charge in [-0.15, -0.1) is 0 Å². The van der Waals surface area contributed by atoms with Gasteiger partial charge in [-0.2, -0.15) is 0 Å². The second-order valence-electron chi connectivity index (χ2n) is 5.28. The maximum absolute atomic E-state index is 5.80. The predicted molar refractivity (Wildman–Crippen MR) is 69.8 cm³/mol. The van der Waals surface area contributed by atoms with Gasteiger partial charge in [-0.3, -0.25) is 0 Å². The van der Waals surface area contributed by atoms with E-state index in [2.05, 4.69) is 26.0 Å². The Bertz CT molecular complexity index is 366. The first-order chi connectivity index (χ1) is 7.66. The summed E-state index contributed by atoms with van der Waals surface area (Å²) in [6, 6.07) is 5.10. The lowest BCUT2D eigenvalue weighted by atomic mass is 9.96. The van der Waals surface area contributed by atoms with Gasteiger partial charge in [0, 0.05) is 6.04 Å². The first-order valence-corrected chi connectivity index (χ1v) is 6.53. The van der Waals surface area contributed by atoms with Crippen LogP contribution in [-0.4, -0.2) is 6.04 Å². The SMILES string of the molecule is Cc1cc2c(c(CCC[C@H](C)N)c1)CCC2. The van der Waals surface area contributed by atoms with Crippen molar-refractivity contribution in [2.24, 2.45) is 5.73 Å². The highest BCUT2D eigenvalue weighted by molar-refractivity contribution is 5.41. The molecule has 1 nitrogen and oxygen atoms in total. The van der Waals surface area contributed by atoms with Crippen molar-refractivity contribution in [3.05, 3.63) is 34.4 Å². The van der Waals surface area contributed by atoms with E-state index in [0.717, 1.165) is 6.42 Å². The molecule has 1 atom stereocenters. The zero-order valence-electron chi connectivity index (χ0n) is 10.6. The van der Waals surface area contributed by atoms with E-state index >= 15 is 0 Å². The highest BCUT2D eigenvalue weighted by Gasteiger charge is 2.15. The molecule has 0 heterocycles. The molecule has 1 aromatic rings. The second kappa shape index (κ2) is 5.01. The standard InChI is InChI=1S/C15H23N/c1-11-9-13(6-3-5-12(2)16)15-8-4-7-14(15)10-11/h9-10,12H,3-8,16H2,1-2H3/t12-/m0/s1. The molecule has 1 heteroatoms. The van der Waals surface area contributed by atoms with E-state index in [4.69, 9.17) is 5.73 Å². The third-order valence-corrected chi connectivity index (χ3v) is 3.56. The van der Waals surface area contributed by atoms with Gasteiger partial charge >= 0.3 is 0 Å². The van der Waals surface area contributed by atoms with Crippen molar-refractivity contribution in [2.75, 3.05) is 0 Å². The number of nitrogens with two attached hydrogens (primary N) is 1. The Morgan fingerprint density at radius 3 is 2.88 bits per heavy atom. The van der Waals surface area contributed by atoms with Crippen molar-refractivity contribution in [2.45, 2.75) is 58.4 Å². The molecule has 1 aliphatic rings. The van der Waals surface area contributed by atoms with Gasteiger partial charge in [0.05, 0.1) is 0 Å². The molecule has 0 bridgehead atoms. The van der Waals surface area contributed by atoms with Crippen molar-refractivity contribution in [3.63, 3.8) is 0 Å². The van der Waals surface area contributed by atoms with Crippen molar-refractivity contribution in [3.8, 4) is 0 Å². The third-order valence-electron chi connectivity index (χ3n) is 3.56. The van der Waals surface area contributed by atoms with Gasteiger partial charge in [0.25, 0.3) is 0 Å². The topological polar surface area (TPSA) is 26.0 Å². The van der Waals surface area contributed by atoms with Gasteiger partial charge < -0.3 is 5.73 Å². The normalized spacial score (nSPS) is 16.2. The van der Waals surface area contributed by atoms with Crippen LogP contribution in [0.4, 0.5) is 0 Å². The summed E-state index contributed by atoms with van der Waals surface area (Å²) in [5, 5.41) is 0. The van der Waals surface area contributed by atoms with Crippen LogP contribution in [-0.2, 0) is 19.3 Å². The number of benzene rings is 1. The monoisotopic (exact) mass is 217 g/mol. The maximum atomic E-state index is 5.80. The molecule has 1 aromatic carbocycles. The number of aryl methyl sites for hydroxylation is 3. The van der Waals surface area contributed by atoms with Gasteiger partial charge in [-0.25, -0.2) is 0 Å². The molecule has 0 unspecified atom stereocenters. The lowest BCUT2D eigenvalue weighted by molar-refractivity contribution is 0.623. The van der Waals surface area contributed by atoms with Gasteiger partial charge in [-0.1, -0.05) is 17.7 Å². The highest BCUT2D eigenvalue weighted by Crippen LogP contribution is 2.27. The predicted octanol–water partition coefficient (Wildman–Crippen LogP) is 3.15. The lowest BCUT2D eigenvalue weighted by Crippen LogP contribution is -2.14. The summed E-state index contributed by atoms with van der Waals surface area (Å²) in [5.74, 6) is 0. The third kappa shape index (κ3) is 2.65. The van der Waals surface area contributed by atoms with E-state index < -0.39 is 0 Å². The van der Waals surface area contributed by atoms with Crippen LogP contribution in [0.1, 0.15) is 48.4 Å². The van der Waals surface area contributed by atoms with E-state index in [1.54, 1.807) is 16.7 Å². The highest BCUT2D eigenvalue weighted by atomic mass is 14.6. The van der Waals surface area contributed by atoms with Crippen LogP contribution in [0.2, 0.25) is 0 Å². The summed E-state index contributed by atoms with van der Waals surface area (Å²) < 4.78 is 0. The van der Waals surface area contributed by atoms with Crippen LogP contribution in [0, 0.1) is 6.92 Å².